The monoisotopic (exact) mass is 318 g/mol. The van der Waals surface area contributed by atoms with Gasteiger partial charge in [-0.05, 0) is 16.9 Å². The third-order valence-electron chi connectivity index (χ3n) is 2.87. The number of benzene rings is 1. The third-order valence-corrected chi connectivity index (χ3v) is 2.87. The molecule has 0 saturated heterocycles. The molecule has 1 aromatic rings. The van der Waals surface area contributed by atoms with Crippen molar-refractivity contribution in [2.75, 3.05) is 7.11 Å². The normalized spacial score (nSPS) is 19.7. The zero-order valence-corrected chi connectivity index (χ0v) is 12.6. The standard InChI is InChI=1S/C16H23NO5/c1-15(2,3)10-8-11(16(4,5)6)13(22-14(18)21-7)9-12(10)17(19)20/h8-9H,1-7H3/i4D3,5D3,6D3. The van der Waals surface area contributed by atoms with E-state index in [4.69, 9.17) is 17.1 Å². The number of ether oxygens (including phenoxy) is 2. The number of hydrogen-bond acceptors (Lipinski definition) is 5. The Hall–Kier alpha value is -2.11. The van der Waals surface area contributed by atoms with Gasteiger partial charge in [0.15, 0.2) is 0 Å². The summed E-state index contributed by atoms with van der Waals surface area (Å²) >= 11 is 0. The van der Waals surface area contributed by atoms with Crippen LogP contribution in [0.15, 0.2) is 12.1 Å². The second-order valence-corrected chi connectivity index (χ2v) is 5.68. The van der Waals surface area contributed by atoms with Crippen molar-refractivity contribution in [3.8, 4) is 5.75 Å². The summed E-state index contributed by atoms with van der Waals surface area (Å²) in [5.41, 5.74) is -6.25. The van der Waals surface area contributed by atoms with Gasteiger partial charge < -0.3 is 9.47 Å². The molecule has 6 heteroatoms. The van der Waals surface area contributed by atoms with E-state index < -0.39 is 59.5 Å². The number of carbonyl (C=O) groups is 1. The fraction of sp³-hybridized carbons (Fsp3) is 0.562. The van der Waals surface area contributed by atoms with Gasteiger partial charge in [-0.1, -0.05) is 41.3 Å². The van der Waals surface area contributed by atoms with E-state index in [1.54, 1.807) is 0 Å². The van der Waals surface area contributed by atoms with Crippen molar-refractivity contribution >= 4 is 11.8 Å². The lowest BCUT2D eigenvalue weighted by atomic mass is 9.79. The Morgan fingerprint density at radius 3 is 2.18 bits per heavy atom. The van der Waals surface area contributed by atoms with E-state index >= 15 is 0 Å². The van der Waals surface area contributed by atoms with Crippen molar-refractivity contribution in [2.45, 2.75) is 52.2 Å². The van der Waals surface area contributed by atoms with Gasteiger partial charge in [0.1, 0.15) is 5.75 Å². The van der Waals surface area contributed by atoms with Crippen LogP contribution in [-0.2, 0) is 15.6 Å². The topological polar surface area (TPSA) is 78.7 Å². The first kappa shape index (κ1) is 8.50. The third kappa shape index (κ3) is 3.96. The Morgan fingerprint density at radius 1 is 1.18 bits per heavy atom. The molecule has 0 N–H and O–H groups in total. The van der Waals surface area contributed by atoms with Gasteiger partial charge in [0, 0.05) is 23.5 Å². The molecule has 0 aromatic heterocycles. The van der Waals surface area contributed by atoms with E-state index in [-0.39, 0.29) is 5.56 Å². The van der Waals surface area contributed by atoms with E-state index in [9.17, 15) is 14.9 Å². The van der Waals surface area contributed by atoms with Crippen LogP contribution in [0.25, 0.3) is 0 Å². The van der Waals surface area contributed by atoms with Crippen LogP contribution in [0.1, 0.15) is 64.8 Å². The van der Waals surface area contributed by atoms with Crippen molar-refractivity contribution < 1.29 is 31.5 Å². The first-order chi connectivity index (χ1) is 13.6. The minimum atomic E-state index is -3.66. The summed E-state index contributed by atoms with van der Waals surface area (Å²) in [5.74, 6) is -0.907. The molecular weight excluding hydrogens is 286 g/mol. The summed E-state index contributed by atoms with van der Waals surface area (Å²) < 4.78 is 80.1. The van der Waals surface area contributed by atoms with Crippen LogP contribution in [0.4, 0.5) is 10.5 Å². The highest BCUT2D eigenvalue weighted by Crippen LogP contribution is 2.41. The van der Waals surface area contributed by atoms with Crippen LogP contribution in [0.5, 0.6) is 5.75 Å². The van der Waals surface area contributed by atoms with Crippen LogP contribution in [0.2, 0.25) is 0 Å². The largest absolute Gasteiger partial charge is 0.513 e. The predicted molar refractivity (Wildman–Crippen MR) is 83.5 cm³/mol. The van der Waals surface area contributed by atoms with Crippen LogP contribution < -0.4 is 4.74 Å². The number of carbonyl (C=O) groups excluding carboxylic acids is 1. The molecule has 1 rings (SSSR count). The van der Waals surface area contributed by atoms with E-state index in [0.29, 0.717) is 6.07 Å². The van der Waals surface area contributed by atoms with Crippen molar-refractivity contribution in [3.63, 3.8) is 0 Å². The fourth-order valence-corrected chi connectivity index (χ4v) is 1.83. The second-order valence-electron chi connectivity index (χ2n) is 5.68. The van der Waals surface area contributed by atoms with E-state index in [2.05, 4.69) is 4.74 Å². The lowest BCUT2D eigenvalue weighted by Crippen LogP contribution is -2.20. The Balaban J connectivity index is 4.38. The van der Waals surface area contributed by atoms with Crippen LogP contribution in [0, 0.1) is 10.1 Å². The molecule has 6 nitrogen and oxygen atoms in total. The van der Waals surface area contributed by atoms with Gasteiger partial charge in [0.05, 0.1) is 18.1 Å². The molecule has 0 aliphatic heterocycles. The molecule has 0 amide bonds. The molecule has 0 aliphatic carbocycles. The maximum absolute atomic E-state index is 11.7. The van der Waals surface area contributed by atoms with Crippen molar-refractivity contribution in [2.24, 2.45) is 0 Å². The molecule has 0 bridgehead atoms. The number of nitro benzene ring substituents is 1. The summed E-state index contributed by atoms with van der Waals surface area (Å²) in [5, 5.41) is 11.6. The molecule has 0 atom stereocenters. The van der Waals surface area contributed by atoms with Gasteiger partial charge in [0.2, 0.25) is 0 Å². The quantitative estimate of drug-likeness (QED) is 0.351. The average Bonchev–Trinajstić information content (AvgIpc) is 2.50. The predicted octanol–water partition coefficient (Wildman–Crippen LogP) is 4.34. The first-order valence-corrected chi connectivity index (χ1v) is 6.22. The van der Waals surface area contributed by atoms with Crippen molar-refractivity contribution in [1.29, 1.82) is 0 Å². The Bertz CT molecular complexity index is 830. The van der Waals surface area contributed by atoms with Gasteiger partial charge >= 0.3 is 6.16 Å². The number of hydrogen-bond donors (Lipinski definition) is 0. The van der Waals surface area contributed by atoms with E-state index in [1.807, 2.05) is 0 Å². The zero-order valence-electron chi connectivity index (χ0n) is 21.6. The van der Waals surface area contributed by atoms with Crippen molar-refractivity contribution in [1.82, 2.24) is 0 Å². The average molecular weight is 318 g/mol. The zero-order chi connectivity index (χ0) is 24.8. The summed E-state index contributed by atoms with van der Waals surface area (Å²) in [6.45, 7) is -6.40. The number of rotatable bonds is 2. The highest BCUT2D eigenvalue weighted by atomic mass is 16.7. The molecule has 0 spiro atoms. The van der Waals surface area contributed by atoms with Crippen LogP contribution in [-0.4, -0.2) is 18.2 Å². The van der Waals surface area contributed by atoms with Gasteiger partial charge in [-0.25, -0.2) is 4.79 Å². The number of methoxy groups -OCH3 is 1. The first-order valence-electron chi connectivity index (χ1n) is 10.7. The highest BCUT2D eigenvalue weighted by molar-refractivity contribution is 5.66. The van der Waals surface area contributed by atoms with Crippen LogP contribution in [0.3, 0.4) is 0 Å². The van der Waals surface area contributed by atoms with E-state index in [0.717, 1.165) is 13.2 Å². The van der Waals surface area contributed by atoms with E-state index in [1.165, 1.54) is 20.8 Å². The Labute approximate surface area is 143 Å². The molecule has 0 unspecified atom stereocenters. The lowest BCUT2D eigenvalue weighted by molar-refractivity contribution is -0.386. The SMILES string of the molecule is [2H]C([2H])([2H])C(c1cc(C(C)(C)C)c([N+](=O)[O-])cc1OC(=O)OC)(C([2H])([2H])[2H])C([2H])([2H])[2H]. The molecule has 0 saturated carbocycles. The van der Waals surface area contributed by atoms with Crippen molar-refractivity contribution in [3.05, 3.63) is 33.4 Å². The summed E-state index contributed by atoms with van der Waals surface area (Å²) in [6, 6.07) is 1.45. The van der Waals surface area contributed by atoms with Gasteiger partial charge in [0.25, 0.3) is 5.69 Å². The highest BCUT2D eigenvalue weighted by Gasteiger charge is 2.31. The number of nitro groups is 1. The summed E-state index contributed by atoms with van der Waals surface area (Å²) in [6.07, 6.45) is -1.45. The summed E-state index contributed by atoms with van der Waals surface area (Å²) in [4.78, 5) is 22.5. The van der Waals surface area contributed by atoms with Gasteiger partial charge in [-0.3, -0.25) is 10.1 Å². The maximum Gasteiger partial charge on any atom is 0.513 e. The Morgan fingerprint density at radius 2 is 1.77 bits per heavy atom. The molecule has 0 radical (unpaired) electrons. The number of nitrogens with zero attached hydrogens (tertiary/aromatic N) is 1. The molecule has 122 valence electrons. The minimum Gasteiger partial charge on any atom is -0.437 e. The molecule has 0 fully saturated rings. The van der Waals surface area contributed by atoms with Gasteiger partial charge in [-0.2, -0.15) is 0 Å². The smallest absolute Gasteiger partial charge is 0.437 e. The second kappa shape index (κ2) is 5.94. The van der Waals surface area contributed by atoms with Gasteiger partial charge in [-0.15, -0.1) is 0 Å². The summed E-state index contributed by atoms with van der Waals surface area (Å²) in [7, 11) is 0.893. The molecule has 0 aliphatic rings. The lowest BCUT2D eigenvalue weighted by Gasteiger charge is -2.26. The molecular formula is C16H23NO5. The molecule has 22 heavy (non-hydrogen) atoms. The molecule has 1 aromatic carbocycles. The fourth-order valence-electron chi connectivity index (χ4n) is 1.83. The van der Waals surface area contributed by atoms with Crippen LogP contribution >= 0.6 is 0 Å². The maximum atomic E-state index is 11.7. The Kier molecular flexibility index (Phi) is 2.30. The molecule has 0 heterocycles. The minimum absolute atomic E-state index is 0.146.